The van der Waals surface area contributed by atoms with Gasteiger partial charge in [-0.25, -0.2) is 4.98 Å². The third-order valence-electron chi connectivity index (χ3n) is 2.06. The molecule has 0 amide bonds. The van der Waals surface area contributed by atoms with Gasteiger partial charge in [0.1, 0.15) is 0 Å². The van der Waals surface area contributed by atoms with Crippen molar-refractivity contribution in [3.63, 3.8) is 0 Å². The van der Waals surface area contributed by atoms with Crippen LogP contribution in [0.15, 0.2) is 12.3 Å². The second kappa shape index (κ2) is 6.64. The molecule has 1 unspecified atom stereocenters. The summed E-state index contributed by atoms with van der Waals surface area (Å²) in [6.07, 6.45) is 1.04. The first-order valence-corrected chi connectivity index (χ1v) is 5.01. The van der Waals surface area contributed by atoms with Gasteiger partial charge in [0.15, 0.2) is 0 Å². The molecule has 1 atom stereocenters. The van der Waals surface area contributed by atoms with Crippen LogP contribution in [0.25, 0.3) is 0 Å². The summed E-state index contributed by atoms with van der Waals surface area (Å²) in [5, 5.41) is 11.5. The van der Waals surface area contributed by atoms with Gasteiger partial charge in [-0.2, -0.15) is 4.98 Å². The van der Waals surface area contributed by atoms with Crippen LogP contribution in [0.4, 0.5) is 5.95 Å². The Balaban J connectivity index is 2.50. The smallest absolute Gasteiger partial charge is 0.306 e. The van der Waals surface area contributed by atoms with Crippen molar-refractivity contribution < 1.29 is 19.4 Å². The lowest BCUT2D eigenvalue weighted by atomic mass is 10.2. The van der Waals surface area contributed by atoms with Crippen molar-refractivity contribution in [2.24, 2.45) is 0 Å². The van der Waals surface area contributed by atoms with Gasteiger partial charge in [-0.1, -0.05) is 0 Å². The molecule has 0 aromatic carbocycles. The first kappa shape index (κ1) is 13.2. The zero-order chi connectivity index (χ0) is 12.7. The van der Waals surface area contributed by atoms with Gasteiger partial charge in [-0.15, -0.1) is 0 Å². The van der Waals surface area contributed by atoms with E-state index in [1.165, 1.54) is 14.2 Å². The first-order chi connectivity index (χ1) is 8.15. The molecule has 94 valence electrons. The van der Waals surface area contributed by atoms with Crippen LogP contribution in [0.2, 0.25) is 0 Å². The maximum Gasteiger partial charge on any atom is 0.306 e. The van der Waals surface area contributed by atoms with Gasteiger partial charge in [0, 0.05) is 25.9 Å². The fourth-order valence-corrected chi connectivity index (χ4v) is 1.18. The summed E-state index contributed by atoms with van der Waals surface area (Å²) in [6.45, 7) is 0.315. The lowest BCUT2D eigenvalue weighted by Crippen LogP contribution is -2.25. The molecule has 0 saturated heterocycles. The molecule has 2 N–H and O–H groups in total. The number of methoxy groups -OCH3 is 2. The van der Waals surface area contributed by atoms with Gasteiger partial charge in [0.05, 0.1) is 19.6 Å². The average Bonchev–Trinajstić information content (AvgIpc) is 2.34. The number of carboxylic acids is 1. The summed E-state index contributed by atoms with van der Waals surface area (Å²) in [5.41, 5.74) is 0. The van der Waals surface area contributed by atoms with E-state index in [0.717, 1.165) is 0 Å². The van der Waals surface area contributed by atoms with Gasteiger partial charge in [0.25, 0.3) is 0 Å². The van der Waals surface area contributed by atoms with Crippen LogP contribution >= 0.6 is 0 Å². The van der Waals surface area contributed by atoms with E-state index in [2.05, 4.69) is 15.3 Å². The molecule has 0 aliphatic rings. The third kappa shape index (κ3) is 4.64. The molecule has 0 aliphatic heterocycles. The third-order valence-corrected chi connectivity index (χ3v) is 2.06. The predicted octanol–water partition coefficient (Wildman–Crippen LogP) is 0.387. The summed E-state index contributed by atoms with van der Waals surface area (Å²) < 4.78 is 9.95. The van der Waals surface area contributed by atoms with E-state index in [-0.39, 0.29) is 6.42 Å². The van der Waals surface area contributed by atoms with Crippen molar-refractivity contribution >= 4 is 11.9 Å². The standard InChI is InChI=1S/C10H15N3O4/c1-16-7(5-9(14)15)6-12-10-11-4-3-8(13-10)17-2/h3-4,7H,5-6H2,1-2H3,(H,14,15)(H,11,12,13). The molecule has 1 aromatic rings. The lowest BCUT2D eigenvalue weighted by molar-refractivity contribution is -0.139. The van der Waals surface area contributed by atoms with E-state index in [1.807, 2.05) is 0 Å². The molecule has 1 rings (SSSR count). The fraction of sp³-hybridized carbons (Fsp3) is 0.500. The van der Waals surface area contributed by atoms with Crippen molar-refractivity contribution in [3.8, 4) is 5.88 Å². The van der Waals surface area contributed by atoms with Crippen LogP contribution in [-0.4, -0.2) is 47.9 Å². The highest BCUT2D eigenvalue weighted by atomic mass is 16.5. The molecule has 0 aliphatic carbocycles. The molecule has 1 heterocycles. The van der Waals surface area contributed by atoms with Crippen LogP contribution in [0.1, 0.15) is 6.42 Å². The predicted molar refractivity (Wildman–Crippen MR) is 60.1 cm³/mol. The number of nitrogens with one attached hydrogen (secondary N) is 1. The molecular weight excluding hydrogens is 226 g/mol. The zero-order valence-corrected chi connectivity index (χ0v) is 9.71. The summed E-state index contributed by atoms with van der Waals surface area (Å²) in [6, 6.07) is 1.62. The van der Waals surface area contributed by atoms with E-state index < -0.39 is 12.1 Å². The van der Waals surface area contributed by atoms with Gasteiger partial charge in [0.2, 0.25) is 11.8 Å². The van der Waals surface area contributed by atoms with E-state index in [9.17, 15) is 4.79 Å². The maximum atomic E-state index is 10.5. The highest BCUT2D eigenvalue weighted by Crippen LogP contribution is 2.07. The van der Waals surface area contributed by atoms with Crippen LogP contribution in [0.5, 0.6) is 5.88 Å². The van der Waals surface area contributed by atoms with Gasteiger partial charge < -0.3 is 19.9 Å². The molecule has 0 fully saturated rings. The molecule has 1 aromatic heterocycles. The lowest BCUT2D eigenvalue weighted by Gasteiger charge is -2.13. The number of aliphatic carboxylic acids is 1. The SMILES string of the molecule is COc1ccnc(NCC(CC(=O)O)OC)n1. The molecular formula is C10H15N3O4. The summed E-state index contributed by atoms with van der Waals surface area (Å²) in [5.74, 6) is -0.100. The quantitative estimate of drug-likeness (QED) is 0.713. The van der Waals surface area contributed by atoms with Gasteiger partial charge in [-0.3, -0.25) is 4.79 Å². The van der Waals surface area contributed by atoms with Crippen molar-refractivity contribution in [1.29, 1.82) is 0 Å². The Hall–Kier alpha value is -1.89. The number of hydrogen-bond donors (Lipinski definition) is 2. The zero-order valence-electron chi connectivity index (χ0n) is 9.71. The second-order valence-corrected chi connectivity index (χ2v) is 3.26. The summed E-state index contributed by atoms with van der Waals surface area (Å²) in [4.78, 5) is 18.5. The fourth-order valence-electron chi connectivity index (χ4n) is 1.18. The largest absolute Gasteiger partial charge is 0.481 e. The second-order valence-electron chi connectivity index (χ2n) is 3.26. The topological polar surface area (TPSA) is 93.6 Å². The Labute approximate surface area is 98.8 Å². The number of carbonyl (C=O) groups is 1. The van der Waals surface area contributed by atoms with Crippen molar-refractivity contribution in [1.82, 2.24) is 9.97 Å². The number of aromatic nitrogens is 2. The van der Waals surface area contributed by atoms with Gasteiger partial charge >= 0.3 is 5.97 Å². The Morgan fingerprint density at radius 2 is 2.35 bits per heavy atom. The van der Waals surface area contributed by atoms with Crippen molar-refractivity contribution in [2.75, 3.05) is 26.1 Å². The number of carboxylic acid groups (broad SMARTS) is 1. The van der Waals surface area contributed by atoms with E-state index in [0.29, 0.717) is 18.4 Å². The van der Waals surface area contributed by atoms with E-state index >= 15 is 0 Å². The maximum absolute atomic E-state index is 10.5. The number of ether oxygens (including phenoxy) is 2. The molecule has 7 nitrogen and oxygen atoms in total. The molecule has 0 bridgehead atoms. The molecule has 0 radical (unpaired) electrons. The monoisotopic (exact) mass is 241 g/mol. The van der Waals surface area contributed by atoms with Crippen molar-refractivity contribution in [3.05, 3.63) is 12.3 Å². The van der Waals surface area contributed by atoms with Crippen LogP contribution in [-0.2, 0) is 9.53 Å². The molecule has 0 spiro atoms. The Bertz CT molecular complexity index is 372. The average molecular weight is 241 g/mol. The number of anilines is 1. The van der Waals surface area contributed by atoms with Crippen LogP contribution in [0, 0.1) is 0 Å². The van der Waals surface area contributed by atoms with Crippen molar-refractivity contribution in [2.45, 2.75) is 12.5 Å². The number of rotatable bonds is 7. The Kier molecular flexibility index (Phi) is 5.15. The van der Waals surface area contributed by atoms with Gasteiger partial charge in [-0.05, 0) is 0 Å². The Morgan fingerprint density at radius 1 is 1.59 bits per heavy atom. The minimum Gasteiger partial charge on any atom is -0.481 e. The number of nitrogens with zero attached hydrogens (tertiary/aromatic N) is 2. The van der Waals surface area contributed by atoms with E-state index in [1.54, 1.807) is 12.3 Å². The first-order valence-electron chi connectivity index (χ1n) is 5.01. The molecule has 17 heavy (non-hydrogen) atoms. The minimum absolute atomic E-state index is 0.0759. The van der Waals surface area contributed by atoms with Crippen LogP contribution in [0.3, 0.4) is 0 Å². The molecule has 0 saturated carbocycles. The summed E-state index contributed by atoms with van der Waals surface area (Å²) in [7, 11) is 2.97. The van der Waals surface area contributed by atoms with Crippen LogP contribution < -0.4 is 10.1 Å². The Morgan fingerprint density at radius 3 is 2.94 bits per heavy atom. The highest BCUT2D eigenvalue weighted by Gasteiger charge is 2.12. The molecule has 7 heteroatoms. The summed E-state index contributed by atoms with van der Waals surface area (Å²) >= 11 is 0. The van der Waals surface area contributed by atoms with E-state index in [4.69, 9.17) is 14.6 Å². The minimum atomic E-state index is -0.912. The number of hydrogen-bond acceptors (Lipinski definition) is 6. The highest BCUT2D eigenvalue weighted by molar-refractivity contribution is 5.67. The normalized spacial score (nSPS) is 11.9.